The summed E-state index contributed by atoms with van der Waals surface area (Å²) >= 11 is 1.12. The Hall–Kier alpha value is -1.70. The van der Waals surface area contributed by atoms with Crippen LogP contribution >= 0.6 is 11.3 Å². The molecule has 1 saturated heterocycles. The third-order valence-electron chi connectivity index (χ3n) is 3.27. The number of H-pyrrole nitrogens is 1. The molecule has 0 saturated carbocycles. The Kier molecular flexibility index (Phi) is 4.33. The molecule has 112 valence electrons. The first-order valence-electron chi connectivity index (χ1n) is 6.83. The van der Waals surface area contributed by atoms with E-state index in [4.69, 9.17) is 9.47 Å². The molecule has 1 aliphatic heterocycles. The summed E-state index contributed by atoms with van der Waals surface area (Å²) < 4.78 is 11.6. The number of aromatic nitrogens is 1. The molecule has 0 radical (unpaired) electrons. The summed E-state index contributed by atoms with van der Waals surface area (Å²) in [5.41, 5.74) is 1.43. The van der Waals surface area contributed by atoms with Gasteiger partial charge < -0.3 is 19.8 Å². The number of ether oxygens (including phenoxy) is 2. The Bertz CT molecular complexity index is 688. The van der Waals surface area contributed by atoms with E-state index in [1.165, 1.54) is 0 Å². The number of carbonyl (C=O) groups is 1. The maximum atomic E-state index is 11.8. The van der Waals surface area contributed by atoms with Crippen LogP contribution in [0.5, 0.6) is 0 Å². The minimum absolute atomic E-state index is 0.00126. The SMILES string of the molecule is O=C(COC[C@@H]1CCCO1)Nc1ccc2[nH]c(=O)sc2c1. The molecule has 6 nitrogen and oxygen atoms in total. The molecule has 2 aromatic rings. The molecule has 0 bridgehead atoms. The molecule has 2 N–H and O–H groups in total. The lowest BCUT2D eigenvalue weighted by atomic mass is 10.2. The summed E-state index contributed by atoms with van der Waals surface area (Å²) in [6.45, 7) is 1.23. The zero-order valence-corrected chi connectivity index (χ0v) is 12.2. The van der Waals surface area contributed by atoms with Crippen molar-refractivity contribution in [1.29, 1.82) is 0 Å². The maximum absolute atomic E-state index is 11.8. The van der Waals surface area contributed by atoms with E-state index < -0.39 is 0 Å². The van der Waals surface area contributed by atoms with E-state index in [2.05, 4.69) is 10.3 Å². The van der Waals surface area contributed by atoms with Gasteiger partial charge in [0.05, 0.1) is 22.9 Å². The second-order valence-corrected chi connectivity index (χ2v) is 5.94. The van der Waals surface area contributed by atoms with E-state index in [9.17, 15) is 9.59 Å². The van der Waals surface area contributed by atoms with Crippen molar-refractivity contribution < 1.29 is 14.3 Å². The quantitative estimate of drug-likeness (QED) is 0.881. The number of carbonyl (C=O) groups excluding carboxylic acids is 1. The second kappa shape index (κ2) is 6.38. The van der Waals surface area contributed by atoms with Crippen LogP contribution in [0, 0.1) is 0 Å². The van der Waals surface area contributed by atoms with Gasteiger partial charge in [0, 0.05) is 12.3 Å². The van der Waals surface area contributed by atoms with Gasteiger partial charge in [-0.05, 0) is 31.0 Å². The number of hydrogen-bond donors (Lipinski definition) is 2. The number of anilines is 1. The highest BCUT2D eigenvalue weighted by molar-refractivity contribution is 7.16. The van der Waals surface area contributed by atoms with Crippen molar-refractivity contribution in [3.8, 4) is 0 Å². The molecule has 1 aliphatic rings. The Morgan fingerprint density at radius 3 is 3.24 bits per heavy atom. The van der Waals surface area contributed by atoms with Gasteiger partial charge in [0.2, 0.25) is 5.91 Å². The number of aromatic amines is 1. The van der Waals surface area contributed by atoms with Crippen LogP contribution in [0.1, 0.15) is 12.8 Å². The van der Waals surface area contributed by atoms with Gasteiger partial charge in [0.1, 0.15) is 6.61 Å². The Balaban J connectivity index is 1.51. The van der Waals surface area contributed by atoms with Crippen LogP contribution in [-0.4, -0.2) is 36.8 Å². The molecule has 1 fully saturated rings. The summed E-state index contributed by atoms with van der Waals surface area (Å²) in [5, 5.41) is 2.75. The third-order valence-corrected chi connectivity index (χ3v) is 4.11. The second-order valence-electron chi connectivity index (χ2n) is 4.92. The van der Waals surface area contributed by atoms with Crippen LogP contribution in [0.2, 0.25) is 0 Å². The zero-order chi connectivity index (χ0) is 14.7. The van der Waals surface area contributed by atoms with Crippen molar-refractivity contribution >= 4 is 33.1 Å². The number of hydrogen-bond acceptors (Lipinski definition) is 5. The molecular weight excluding hydrogens is 292 g/mol. The van der Waals surface area contributed by atoms with Gasteiger partial charge in [-0.2, -0.15) is 0 Å². The molecule has 21 heavy (non-hydrogen) atoms. The number of rotatable bonds is 5. The normalized spacial score (nSPS) is 18.2. The van der Waals surface area contributed by atoms with Crippen molar-refractivity contribution in [2.75, 3.05) is 25.1 Å². The summed E-state index contributed by atoms with van der Waals surface area (Å²) in [7, 11) is 0. The van der Waals surface area contributed by atoms with Crippen LogP contribution in [0.25, 0.3) is 10.2 Å². The number of nitrogens with one attached hydrogen (secondary N) is 2. The zero-order valence-electron chi connectivity index (χ0n) is 11.4. The summed E-state index contributed by atoms with van der Waals surface area (Å²) in [5.74, 6) is -0.213. The third kappa shape index (κ3) is 3.69. The lowest BCUT2D eigenvalue weighted by molar-refractivity contribution is -0.121. The molecule has 1 atom stereocenters. The topological polar surface area (TPSA) is 80.4 Å². The molecule has 1 aromatic heterocycles. The predicted octanol–water partition coefficient (Wildman–Crippen LogP) is 1.72. The molecule has 0 unspecified atom stereocenters. The first-order valence-corrected chi connectivity index (χ1v) is 7.64. The summed E-state index contributed by atoms with van der Waals surface area (Å²) in [6.07, 6.45) is 2.16. The molecule has 2 heterocycles. The van der Waals surface area contributed by atoms with Crippen LogP contribution < -0.4 is 10.2 Å². The smallest absolute Gasteiger partial charge is 0.305 e. The van der Waals surface area contributed by atoms with E-state index in [1.54, 1.807) is 18.2 Å². The summed E-state index contributed by atoms with van der Waals surface area (Å²) in [4.78, 5) is 25.6. The molecule has 1 aromatic carbocycles. The van der Waals surface area contributed by atoms with Crippen molar-refractivity contribution in [2.24, 2.45) is 0 Å². The minimum Gasteiger partial charge on any atom is -0.376 e. The van der Waals surface area contributed by atoms with Crippen LogP contribution in [-0.2, 0) is 14.3 Å². The highest BCUT2D eigenvalue weighted by Gasteiger charge is 2.16. The lowest BCUT2D eigenvalue weighted by Crippen LogP contribution is -2.22. The molecule has 1 amide bonds. The van der Waals surface area contributed by atoms with Crippen LogP contribution in [0.3, 0.4) is 0 Å². The van der Waals surface area contributed by atoms with Gasteiger partial charge in [-0.1, -0.05) is 11.3 Å². The van der Waals surface area contributed by atoms with Gasteiger partial charge in [-0.15, -0.1) is 0 Å². The standard InChI is InChI=1S/C14H16N2O4S/c17-13(8-19-7-10-2-1-5-20-10)15-9-3-4-11-12(6-9)21-14(18)16-11/h3-4,6,10H,1-2,5,7-8H2,(H,15,17)(H,16,18)/t10-/m0/s1. The first-order chi connectivity index (χ1) is 10.2. The van der Waals surface area contributed by atoms with Gasteiger partial charge in [0.15, 0.2) is 0 Å². The first kappa shape index (κ1) is 14.2. The van der Waals surface area contributed by atoms with Crippen LogP contribution in [0.4, 0.5) is 5.69 Å². The van der Waals surface area contributed by atoms with E-state index in [-0.39, 0.29) is 23.5 Å². The Labute approximate surface area is 125 Å². The van der Waals surface area contributed by atoms with E-state index >= 15 is 0 Å². The van der Waals surface area contributed by atoms with Gasteiger partial charge in [-0.25, -0.2) is 0 Å². The molecule has 7 heteroatoms. The average molecular weight is 308 g/mol. The van der Waals surface area contributed by atoms with Gasteiger partial charge in [0.25, 0.3) is 0 Å². The summed E-state index contributed by atoms with van der Waals surface area (Å²) in [6, 6.07) is 5.30. The number of amides is 1. The predicted molar refractivity (Wildman–Crippen MR) is 80.9 cm³/mol. The number of benzene rings is 1. The average Bonchev–Trinajstić information content (AvgIpc) is 3.06. The van der Waals surface area contributed by atoms with E-state index in [0.717, 1.165) is 41.0 Å². The lowest BCUT2D eigenvalue weighted by Gasteiger charge is -2.10. The Morgan fingerprint density at radius 1 is 1.52 bits per heavy atom. The fourth-order valence-electron chi connectivity index (χ4n) is 2.28. The monoisotopic (exact) mass is 308 g/mol. The maximum Gasteiger partial charge on any atom is 0.305 e. The van der Waals surface area contributed by atoms with Crippen molar-refractivity contribution in [2.45, 2.75) is 18.9 Å². The van der Waals surface area contributed by atoms with Crippen LogP contribution in [0.15, 0.2) is 23.0 Å². The molecular formula is C14H16N2O4S. The number of fused-ring (bicyclic) bond motifs is 1. The van der Waals surface area contributed by atoms with E-state index in [0.29, 0.717) is 12.3 Å². The molecule has 0 spiro atoms. The van der Waals surface area contributed by atoms with Crippen molar-refractivity contribution in [3.63, 3.8) is 0 Å². The molecule has 0 aliphatic carbocycles. The largest absolute Gasteiger partial charge is 0.376 e. The van der Waals surface area contributed by atoms with Gasteiger partial charge in [-0.3, -0.25) is 9.59 Å². The van der Waals surface area contributed by atoms with Crippen molar-refractivity contribution in [1.82, 2.24) is 4.98 Å². The van der Waals surface area contributed by atoms with Crippen molar-refractivity contribution in [3.05, 3.63) is 27.9 Å². The number of thiazole rings is 1. The highest BCUT2D eigenvalue weighted by atomic mass is 32.1. The minimum atomic E-state index is -0.213. The van der Waals surface area contributed by atoms with Gasteiger partial charge >= 0.3 is 4.87 Å². The highest BCUT2D eigenvalue weighted by Crippen LogP contribution is 2.19. The molecule has 3 rings (SSSR count). The Morgan fingerprint density at radius 2 is 2.43 bits per heavy atom. The fraction of sp³-hybridized carbons (Fsp3) is 0.429. The fourth-order valence-corrected chi connectivity index (χ4v) is 3.05. The van der Waals surface area contributed by atoms with E-state index in [1.807, 2.05) is 0 Å².